The van der Waals surface area contributed by atoms with E-state index in [1.807, 2.05) is 0 Å². The SMILES string of the molecule is NC(=O)COn1nnc2ccc(Cl)cc21. The van der Waals surface area contributed by atoms with Crippen LogP contribution >= 0.6 is 11.6 Å². The van der Waals surface area contributed by atoms with Gasteiger partial charge >= 0.3 is 0 Å². The zero-order chi connectivity index (χ0) is 10.8. The molecule has 78 valence electrons. The number of aromatic nitrogens is 3. The second kappa shape index (κ2) is 3.74. The Morgan fingerprint density at radius 1 is 1.60 bits per heavy atom. The zero-order valence-corrected chi connectivity index (χ0v) is 8.31. The van der Waals surface area contributed by atoms with Crippen LogP contribution in [-0.2, 0) is 4.79 Å². The van der Waals surface area contributed by atoms with E-state index in [0.717, 1.165) is 4.85 Å². The fourth-order valence-corrected chi connectivity index (χ4v) is 1.26. The molecule has 0 bridgehead atoms. The highest BCUT2D eigenvalue weighted by atomic mass is 35.5. The van der Waals surface area contributed by atoms with Gasteiger partial charge in [-0.3, -0.25) is 4.79 Å². The number of carbonyl (C=O) groups excluding carboxylic acids is 1. The summed E-state index contributed by atoms with van der Waals surface area (Å²) in [5.41, 5.74) is 6.15. The van der Waals surface area contributed by atoms with Gasteiger partial charge in [0.1, 0.15) is 11.0 Å². The highest BCUT2D eigenvalue weighted by Gasteiger charge is 2.06. The van der Waals surface area contributed by atoms with Crippen LogP contribution in [0.1, 0.15) is 0 Å². The van der Waals surface area contributed by atoms with Crippen LogP contribution in [0.2, 0.25) is 5.02 Å². The number of amides is 1. The Bertz CT molecular complexity index is 510. The van der Waals surface area contributed by atoms with E-state index < -0.39 is 5.91 Å². The van der Waals surface area contributed by atoms with Crippen LogP contribution in [0.15, 0.2) is 18.2 Å². The van der Waals surface area contributed by atoms with Gasteiger partial charge in [0.05, 0.1) is 0 Å². The molecule has 2 N–H and O–H groups in total. The van der Waals surface area contributed by atoms with Gasteiger partial charge in [0.15, 0.2) is 6.61 Å². The molecule has 15 heavy (non-hydrogen) atoms. The highest BCUT2D eigenvalue weighted by Crippen LogP contribution is 2.16. The maximum absolute atomic E-state index is 10.5. The van der Waals surface area contributed by atoms with Gasteiger partial charge < -0.3 is 10.6 Å². The second-order valence-corrected chi connectivity index (χ2v) is 3.27. The molecule has 1 aromatic carbocycles. The molecule has 0 fully saturated rings. The third-order valence-corrected chi connectivity index (χ3v) is 1.94. The topological polar surface area (TPSA) is 83.0 Å². The van der Waals surface area contributed by atoms with E-state index in [1.165, 1.54) is 0 Å². The van der Waals surface area contributed by atoms with E-state index in [4.69, 9.17) is 22.2 Å². The summed E-state index contributed by atoms with van der Waals surface area (Å²) < 4.78 is 0. The molecule has 0 aliphatic heterocycles. The molecular formula is C8H7ClN4O2. The van der Waals surface area contributed by atoms with Gasteiger partial charge in [-0.25, -0.2) is 0 Å². The van der Waals surface area contributed by atoms with Crippen LogP contribution in [-0.4, -0.2) is 27.7 Å². The van der Waals surface area contributed by atoms with Crippen molar-refractivity contribution in [3.05, 3.63) is 23.2 Å². The van der Waals surface area contributed by atoms with Crippen LogP contribution in [0.25, 0.3) is 11.0 Å². The summed E-state index contributed by atoms with van der Waals surface area (Å²) in [6.07, 6.45) is 0. The first-order valence-electron chi connectivity index (χ1n) is 4.09. The average molecular weight is 227 g/mol. The number of rotatable bonds is 3. The minimum Gasteiger partial charge on any atom is -0.385 e. The Morgan fingerprint density at radius 3 is 3.13 bits per heavy atom. The fourth-order valence-electron chi connectivity index (χ4n) is 1.09. The molecule has 6 nitrogen and oxygen atoms in total. The zero-order valence-electron chi connectivity index (χ0n) is 7.55. The number of nitrogens with two attached hydrogens (primary N) is 1. The van der Waals surface area contributed by atoms with E-state index in [0.29, 0.717) is 16.1 Å². The molecule has 0 aliphatic carbocycles. The summed E-state index contributed by atoms with van der Waals surface area (Å²) >= 11 is 5.79. The summed E-state index contributed by atoms with van der Waals surface area (Å²) in [7, 11) is 0. The molecule has 2 rings (SSSR count). The Hall–Kier alpha value is -1.82. The van der Waals surface area contributed by atoms with Crippen LogP contribution in [0.5, 0.6) is 0 Å². The molecule has 0 atom stereocenters. The summed E-state index contributed by atoms with van der Waals surface area (Å²) in [4.78, 5) is 16.6. The maximum atomic E-state index is 10.5. The molecule has 1 amide bonds. The first-order valence-corrected chi connectivity index (χ1v) is 4.47. The summed E-state index contributed by atoms with van der Waals surface area (Å²) in [5.74, 6) is -0.583. The smallest absolute Gasteiger partial charge is 0.258 e. The predicted molar refractivity (Wildman–Crippen MR) is 53.2 cm³/mol. The number of fused-ring (bicyclic) bond motifs is 1. The summed E-state index contributed by atoms with van der Waals surface area (Å²) in [6.45, 7) is -0.259. The highest BCUT2D eigenvalue weighted by molar-refractivity contribution is 6.31. The molecule has 0 saturated carbocycles. The molecule has 1 aromatic heterocycles. The van der Waals surface area contributed by atoms with E-state index in [1.54, 1.807) is 18.2 Å². The fraction of sp³-hybridized carbons (Fsp3) is 0.125. The van der Waals surface area contributed by atoms with Crippen molar-refractivity contribution in [3.8, 4) is 0 Å². The molecule has 0 spiro atoms. The quantitative estimate of drug-likeness (QED) is 0.799. The number of halogens is 1. The molecular weight excluding hydrogens is 220 g/mol. The van der Waals surface area contributed by atoms with Crippen molar-refractivity contribution >= 4 is 28.5 Å². The molecule has 0 unspecified atom stereocenters. The molecule has 1 heterocycles. The standard InChI is InChI=1S/C8H7ClN4O2/c9-5-1-2-6-7(3-5)13(12-11-6)15-4-8(10)14/h1-3H,4H2,(H2,10,14). The minimum absolute atomic E-state index is 0.259. The van der Waals surface area contributed by atoms with Gasteiger partial charge in [-0.15, -0.1) is 5.10 Å². The van der Waals surface area contributed by atoms with E-state index in [-0.39, 0.29) is 6.61 Å². The third-order valence-electron chi connectivity index (χ3n) is 1.71. The Morgan fingerprint density at radius 2 is 2.40 bits per heavy atom. The lowest BCUT2D eigenvalue weighted by Gasteiger charge is -2.01. The van der Waals surface area contributed by atoms with Gasteiger partial charge in [0.2, 0.25) is 0 Å². The van der Waals surface area contributed by atoms with Gasteiger partial charge in [-0.05, 0) is 23.4 Å². The number of primary amides is 1. The monoisotopic (exact) mass is 226 g/mol. The minimum atomic E-state index is -0.583. The van der Waals surface area contributed by atoms with Crippen LogP contribution in [0, 0.1) is 0 Å². The van der Waals surface area contributed by atoms with Gasteiger partial charge in [0, 0.05) is 5.02 Å². The Kier molecular flexibility index (Phi) is 2.42. The first-order chi connectivity index (χ1) is 7.16. The summed E-state index contributed by atoms with van der Waals surface area (Å²) in [6, 6.07) is 5.03. The lowest BCUT2D eigenvalue weighted by Crippen LogP contribution is -2.26. The van der Waals surface area contributed by atoms with Gasteiger partial charge in [0.25, 0.3) is 5.91 Å². The average Bonchev–Trinajstić information content (AvgIpc) is 2.57. The second-order valence-electron chi connectivity index (χ2n) is 2.84. The molecule has 0 saturated heterocycles. The van der Waals surface area contributed by atoms with Crippen molar-refractivity contribution in [2.75, 3.05) is 6.61 Å². The molecule has 7 heteroatoms. The number of carbonyl (C=O) groups is 1. The Labute approximate surface area is 89.5 Å². The van der Waals surface area contributed by atoms with Crippen LogP contribution < -0.4 is 10.6 Å². The van der Waals surface area contributed by atoms with Crippen molar-refractivity contribution in [2.24, 2.45) is 5.73 Å². The van der Waals surface area contributed by atoms with E-state index in [2.05, 4.69) is 10.3 Å². The number of nitrogens with zero attached hydrogens (tertiary/aromatic N) is 3. The third kappa shape index (κ3) is 1.99. The van der Waals surface area contributed by atoms with E-state index in [9.17, 15) is 4.79 Å². The Balaban J connectivity index is 2.35. The number of benzene rings is 1. The van der Waals surface area contributed by atoms with Crippen molar-refractivity contribution in [2.45, 2.75) is 0 Å². The summed E-state index contributed by atoms with van der Waals surface area (Å²) in [5, 5.41) is 8.04. The number of hydrogen-bond acceptors (Lipinski definition) is 4. The lowest BCUT2D eigenvalue weighted by molar-refractivity contribution is -0.123. The maximum Gasteiger partial charge on any atom is 0.258 e. The normalized spacial score (nSPS) is 10.5. The van der Waals surface area contributed by atoms with Crippen LogP contribution in [0.3, 0.4) is 0 Å². The largest absolute Gasteiger partial charge is 0.385 e. The van der Waals surface area contributed by atoms with Crippen molar-refractivity contribution in [1.82, 2.24) is 15.2 Å². The lowest BCUT2D eigenvalue weighted by atomic mass is 10.3. The molecule has 2 aromatic rings. The van der Waals surface area contributed by atoms with Crippen molar-refractivity contribution in [3.63, 3.8) is 0 Å². The predicted octanol–water partition coefficient (Wildman–Crippen LogP) is -0.00140. The molecule has 0 radical (unpaired) electrons. The van der Waals surface area contributed by atoms with Crippen molar-refractivity contribution in [1.29, 1.82) is 0 Å². The van der Waals surface area contributed by atoms with Crippen molar-refractivity contribution < 1.29 is 9.63 Å². The molecule has 0 aliphatic rings. The van der Waals surface area contributed by atoms with Gasteiger partial charge in [-0.1, -0.05) is 16.4 Å². The van der Waals surface area contributed by atoms with Crippen LogP contribution in [0.4, 0.5) is 0 Å². The van der Waals surface area contributed by atoms with Gasteiger partial charge in [-0.2, -0.15) is 0 Å². The first kappa shape index (κ1) is 9.72. The number of hydrogen-bond donors (Lipinski definition) is 1. The van der Waals surface area contributed by atoms with E-state index >= 15 is 0 Å².